The fraction of sp³-hybridized carbons (Fsp3) is 1.00. The van der Waals surface area contributed by atoms with Crippen LogP contribution in [-0.4, -0.2) is 10.7 Å². The van der Waals surface area contributed by atoms with E-state index in [0.717, 1.165) is 19.3 Å². The van der Waals surface area contributed by atoms with Gasteiger partial charge in [-0.3, -0.25) is 0 Å². The lowest BCUT2D eigenvalue weighted by atomic mass is 9.70. The van der Waals surface area contributed by atoms with Gasteiger partial charge in [0.05, 0.1) is 5.60 Å². The predicted octanol–water partition coefficient (Wildman–Crippen LogP) is 2.73. The third-order valence-electron chi connectivity index (χ3n) is 3.16. The highest BCUT2D eigenvalue weighted by Gasteiger charge is 2.37. The summed E-state index contributed by atoms with van der Waals surface area (Å²) >= 11 is 0. The van der Waals surface area contributed by atoms with E-state index in [9.17, 15) is 5.11 Å². The Balaban J connectivity index is 2.43. The molecule has 0 heterocycles. The topological polar surface area (TPSA) is 20.2 Å². The van der Waals surface area contributed by atoms with E-state index < -0.39 is 0 Å². The molecule has 11 heavy (non-hydrogen) atoms. The Hall–Kier alpha value is -0.0400. The molecule has 0 aromatic heterocycles. The third kappa shape index (κ3) is 1.76. The van der Waals surface area contributed by atoms with Crippen LogP contribution in [0, 0.1) is 5.92 Å². The second-order valence-corrected chi connectivity index (χ2v) is 3.83. The van der Waals surface area contributed by atoms with Crippen molar-refractivity contribution in [2.24, 2.45) is 5.92 Å². The zero-order valence-electron chi connectivity index (χ0n) is 7.77. The van der Waals surface area contributed by atoms with Crippen molar-refractivity contribution < 1.29 is 5.11 Å². The number of rotatable bonds is 4. The molecule has 0 aromatic carbocycles. The Bertz CT molecular complexity index is 118. The molecule has 0 aromatic rings. The quantitative estimate of drug-likeness (QED) is 0.663. The van der Waals surface area contributed by atoms with Gasteiger partial charge < -0.3 is 5.11 Å². The van der Waals surface area contributed by atoms with Crippen LogP contribution in [0.25, 0.3) is 0 Å². The maximum absolute atomic E-state index is 10.1. The van der Waals surface area contributed by atoms with Crippen molar-refractivity contribution in [3.63, 3.8) is 0 Å². The van der Waals surface area contributed by atoms with Gasteiger partial charge in [0.2, 0.25) is 0 Å². The van der Waals surface area contributed by atoms with Crippen molar-refractivity contribution in [3.8, 4) is 0 Å². The normalized spacial score (nSPS) is 24.3. The Morgan fingerprint density at radius 1 is 1.36 bits per heavy atom. The summed E-state index contributed by atoms with van der Waals surface area (Å²) in [5.74, 6) is 0.618. The van der Waals surface area contributed by atoms with Crippen LogP contribution in [0.15, 0.2) is 0 Å². The fourth-order valence-corrected chi connectivity index (χ4v) is 2.05. The van der Waals surface area contributed by atoms with E-state index in [1.54, 1.807) is 0 Å². The molecule has 66 valence electrons. The summed E-state index contributed by atoms with van der Waals surface area (Å²) in [4.78, 5) is 0. The van der Waals surface area contributed by atoms with Gasteiger partial charge in [0.15, 0.2) is 0 Å². The fourth-order valence-electron chi connectivity index (χ4n) is 2.05. The molecule has 1 aliphatic carbocycles. The molecule has 0 amide bonds. The Morgan fingerprint density at radius 3 is 2.27 bits per heavy atom. The maximum Gasteiger partial charge on any atom is 0.0673 e. The highest BCUT2D eigenvalue weighted by molar-refractivity contribution is 4.89. The molecular weight excluding hydrogens is 136 g/mol. The highest BCUT2D eigenvalue weighted by atomic mass is 16.3. The highest BCUT2D eigenvalue weighted by Crippen LogP contribution is 2.40. The van der Waals surface area contributed by atoms with Crippen molar-refractivity contribution in [3.05, 3.63) is 0 Å². The lowest BCUT2D eigenvalue weighted by Gasteiger charge is -2.41. The van der Waals surface area contributed by atoms with Gasteiger partial charge in [-0.2, -0.15) is 0 Å². The van der Waals surface area contributed by atoms with Crippen LogP contribution >= 0.6 is 0 Å². The summed E-state index contributed by atoms with van der Waals surface area (Å²) < 4.78 is 0. The van der Waals surface area contributed by atoms with Gasteiger partial charge in [0.25, 0.3) is 0 Å². The zero-order chi connectivity index (χ0) is 8.32. The van der Waals surface area contributed by atoms with E-state index >= 15 is 0 Å². The average Bonchev–Trinajstić information content (AvgIpc) is 1.84. The van der Waals surface area contributed by atoms with E-state index in [1.807, 2.05) is 0 Å². The molecule has 1 N–H and O–H groups in total. The van der Waals surface area contributed by atoms with Crippen LogP contribution < -0.4 is 0 Å². The van der Waals surface area contributed by atoms with Gasteiger partial charge in [-0.1, -0.05) is 26.7 Å². The Morgan fingerprint density at radius 2 is 2.00 bits per heavy atom. The molecule has 1 heteroatoms. The van der Waals surface area contributed by atoms with Gasteiger partial charge in [-0.15, -0.1) is 0 Å². The smallest absolute Gasteiger partial charge is 0.0673 e. The first-order chi connectivity index (χ1) is 5.23. The predicted molar refractivity (Wildman–Crippen MR) is 47.5 cm³/mol. The Kier molecular flexibility index (Phi) is 2.94. The van der Waals surface area contributed by atoms with Crippen LogP contribution in [0.1, 0.15) is 52.4 Å². The van der Waals surface area contributed by atoms with E-state index in [-0.39, 0.29) is 5.60 Å². The molecule has 0 bridgehead atoms. The lowest BCUT2D eigenvalue weighted by molar-refractivity contribution is -0.0602. The van der Waals surface area contributed by atoms with Crippen LogP contribution in [0.2, 0.25) is 0 Å². The summed E-state index contributed by atoms with van der Waals surface area (Å²) in [7, 11) is 0. The van der Waals surface area contributed by atoms with E-state index in [0.29, 0.717) is 5.92 Å². The van der Waals surface area contributed by atoms with Crippen LogP contribution in [-0.2, 0) is 0 Å². The van der Waals surface area contributed by atoms with Crippen molar-refractivity contribution in [2.45, 2.75) is 58.0 Å². The lowest BCUT2D eigenvalue weighted by Crippen LogP contribution is -2.40. The first-order valence-electron chi connectivity index (χ1n) is 4.95. The van der Waals surface area contributed by atoms with Gasteiger partial charge in [-0.25, -0.2) is 0 Å². The first kappa shape index (κ1) is 9.05. The first-order valence-corrected chi connectivity index (χ1v) is 4.95. The maximum atomic E-state index is 10.1. The summed E-state index contributed by atoms with van der Waals surface area (Å²) in [6, 6.07) is 0. The minimum Gasteiger partial charge on any atom is -0.390 e. The van der Waals surface area contributed by atoms with Crippen LogP contribution in [0.3, 0.4) is 0 Å². The second kappa shape index (κ2) is 3.57. The SMILES string of the molecule is CCCC(O)(CC)C1CCC1. The van der Waals surface area contributed by atoms with E-state index in [4.69, 9.17) is 0 Å². The number of hydrogen-bond donors (Lipinski definition) is 1. The summed E-state index contributed by atoms with van der Waals surface area (Å²) in [6.45, 7) is 4.26. The monoisotopic (exact) mass is 156 g/mol. The molecule has 0 radical (unpaired) electrons. The number of aliphatic hydroxyl groups is 1. The van der Waals surface area contributed by atoms with Crippen LogP contribution in [0.5, 0.6) is 0 Å². The van der Waals surface area contributed by atoms with Crippen molar-refractivity contribution in [1.82, 2.24) is 0 Å². The van der Waals surface area contributed by atoms with Crippen molar-refractivity contribution in [1.29, 1.82) is 0 Å². The summed E-state index contributed by atoms with van der Waals surface area (Å²) in [6.07, 6.45) is 6.88. The summed E-state index contributed by atoms with van der Waals surface area (Å²) in [5, 5.41) is 10.1. The molecule has 1 aliphatic rings. The molecule has 0 aliphatic heterocycles. The van der Waals surface area contributed by atoms with Gasteiger partial charge in [-0.05, 0) is 31.6 Å². The summed E-state index contributed by atoms with van der Waals surface area (Å²) in [5.41, 5.74) is -0.312. The Labute approximate surface area is 69.8 Å². The molecular formula is C10H20O. The number of hydrogen-bond acceptors (Lipinski definition) is 1. The average molecular weight is 156 g/mol. The molecule has 1 unspecified atom stereocenters. The van der Waals surface area contributed by atoms with E-state index in [1.165, 1.54) is 19.3 Å². The zero-order valence-corrected chi connectivity index (χ0v) is 7.77. The third-order valence-corrected chi connectivity index (χ3v) is 3.16. The second-order valence-electron chi connectivity index (χ2n) is 3.83. The molecule has 1 saturated carbocycles. The van der Waals surface area contributed by atoms with Gasteiger partial charge >= 0.3 is 0 Å². The van der Waals surface area contributed by atoms with Crippen LogP contribution in [0.4, 0.5) is 0 Å². The largest absolute Gasteiger partial charge is 0.390 e. The standard InChI is InChI=1S/C10H20O/c1-3-8-10(11,4-2)9-6-5-7-9/h9,11H,3-8H2,1-2H3. The van der Waals surface area contributed by atoms with Crippen molar-refractivity contribution >= 4 is 0 Å². The minimum atomic E-state index is -0.312. The molecule has 1 nitrogen and oxygen atoms in total. The van der Waals surface area contributed by atoms with E-state index in [2.05, 4.69) is 13.8 Å². The van der Waals surface area contributed by atoms with Crippen molar-refractivity contribution in [2.75, 3.05) is 0 Å². The van der Waals surface area contributed by atoms with Gasteiger partial charge in [0, 0.05) is 0 Å². The molecule has 0 spiro atoms. The molecule has 0 saturated heterocycles. The molecule has 1 atom stereocenters. The molecule has 1 fully saturated rings. The molecule has 1 rings (SSSR count). The minimum absolute atomic E-state index is 0.312. The van der Waals surface area contributed by atoms with Gasteiger partial charge in [0.1, 0.15) is 0 Å².